The number of fused-ring (bicyclic) bond motifs is 2. The molecule has 7 rings (SSSR count). The number of hydrogen-bond donors (Lipinski definition) is 4. The number of nitrogens with one attached hydrogen (secondary N) is 2. The lowest BCUT2D eigenvalue weighted by atomic mass is 10.1. The Morgan fingerprint density at radius 1 is 0.490 bits per heavy atom. The summed E-state index contributed by atoms with van der Waals surface area (Å²) in [4.78, 5) is 25.3. The molecule has 7 aromatic carbocycles. The van der Waals surface area contributed by atoms with Crippen LogP contribution in [-0.4, -0.2) is 36.2 Å². The van der Waals surface area contributed by atoms with Crippen molar-refractivity contribution in [2.24, 2.45) is 0 Å². The Hall–Kier alpha value is -7.00. The Balaban J connectivity index is 0.000000177. The molecule has 0 fully saturated rings. The van der Waals surface area contributed by atoms with Gasteiger partial charge in [-0.25, -0.2) is 0 Å². The first-order valence-corrected chi connectivity index (χ1v) is 15.9. The van der Waals surface area contributed by atoms with E-state index in [0.717, 1.165) is 21.5 Å². The minimum absolute atomic E-state index is 0.0624. The van der Waals surface area contributed by atoms with Crippen molar-refractivity contribution in [1.82, 2.24) is 0 Å². The second kappa shape index (κ2) is 15.5. The van der Waals surface area contributed by atoms with Crippen molar-refractivity contribution in [3.8, 4) is 34.5 Å². The van der Waals surface area contributed by atoms with E-state index in [1.54, 1.807) is 54.6 Å². The topological polar surface area (TPSA) is 126 Å². The molecule has 0 saturated carbocycles. The number of hydrogen-bond acceptors (Lipinski definition) is 7. The maximum Gasteiger partial charge on any atom is 0.259 e. The third-order valence-corrected chi connectivity index (χ3v) is 7.97. The van der Waals surface area contributed by atoms with Crippen LogP contribution in [-0.2, 0) is 0 Å². The first kappa shape index (κ1) is 33.9. The van der Waals surface area contributed by atoms with Gasteiger partial charge in [-0.2, -0.15) is 0 Å². The first-order valence-electron chi connectivity index (χ1n) is 15.9. The molecular weight excluding hydrogens is 644 g/mol. The van der Waals surface area contributed by atoms with Crippen molar-refractivity contribution in [2.75, 3.05) is 24.9 Å². The fraction of sp³-hybridized carbons (Fsp3) is 0.0476. The van der Waals surface area contributed by atoms with Gasteiger partial charge in [0.15, 0.2) is 17.2 Å². The highest BCUT2D eigenvalue weighted by molar-refractivity contribution is 6.10. The van der Waals surface area contributed by atoms with Gasteiger partial charge in [0.1, 0.15) is 17.2 Å². The zero-order chi connectivity index (χ0) is 35.7. The van der Waals surface area contributed by atoms with E-state index < -0.39 is 11.8 Å². The van der Waals surface area contributed by atoms with Crippen molar-refractivity contribution < 1.29 is 34.0 Å². The normalized spacial score (nSPS) is 10.5. The number of anilines is 2. The highest BCUT2D eigenvalue weighted by Crippen LogP contribution is 2.36. The Morgan fingerprint density at radius 3 is 1.49 bits per heavy atom. The van der Waals surface area contributed by atoms with Gasteiger partial charge in [-0.1, -0.05) is 84.9 Å². The van der Waals surface area contributed by atoms with E-state index in [2.05, 4.69) is 10.6 Å². The summed E-state index contributed by atoms with van der Waals surface area (Å²) < 4.78 is 16.4. The number of para-hydroxylation sites is 4. The van der Waals surface area contributed by atoms with E-state index in [9.17, 15) is 19.8 Å². The summed E-state index contributed by atoms with van der Waals surface area (Å²) in [6, 6.07) is 43.3. The van der Waals surface area contributed by atoms with E-state index in [-0.39, 0.29) is 22.6 Å². The van der Waals surface area contributed by atoms with Crippen molar-refractivity contribution in [2.45, 2.75) is 0 Å². The summed E-state index contributed by atoms with van der Waals surface area (Å²) in [5.74, 6) is 1.17. The van der Waals surface area contributed by atoms with Crippen molar-refractivity contribution in [1.29, 1.82) is 0 Å². The molecule has 0 aromatic heterocycles. The zero-order valence-electron chi connectivity index (χ0n) is 27.8. The van der Waals surface area contributed by atoms with Crippen molar-refractivity contribution in [3.63, 3.8) is 0 Å². The minimum Gasteiger partial charge on any atom is -0.507 e. The lowest BCUT2D eigenvalue weighted by Crippen LogP contribution is -2.13. The average Bonchev–Trinajstić information content (AvgIpc) is 3.15. The van der Waals surface area contributed by atoms with E-state index in [4.69, 9.17) is 14.2 Å². The number of amides is 2. The molecule has 254 valence electrons. The highest BCUT2D eigenvalue weighted by atomic mass is 16.5. The van der Waals surface area contributed by atoms with Gasteiger partial charge >= 0.3 is 0 Å². The fourth-order valence-corrected chi connectivity index (χ4v) is 5.46. The fourth-order valence-electron chi connectivity index (χ4n) is 5.46. The molecule has 0 unspecified atom stereocenters. The average molecular weight is 679 g/mol. The summed E-state index contributed by atoms with van der Waals surface area (Å²) in [5.41, 5.74) is 1.40. The van der Waals surface area contributed by atoms with Gasteiger partial charge in [-0.15, -0.1) is 0 Å². The van der Waals surface area contributed by atoms with Crippen LogP contribution < -0.4 is 24.8 Å². The number of methoxy groups -OCH3 is 2. The number of rotatable bonds is 8. The van der Waals surface area contributed by atoms with Crippen LogP contribution in [0.5, 0.6) is 34.5 Å². The number of ether oxygens (including phenoxy) is 3. The summed E-state index contributed by atoms with van der Waals surface area (Å²) in [5, 5.41) is 29.5. The molecule has 51 heavy (non-hydrogen) atoms. The van der Waals surface area contributed by atoms with E-state index >= 15 is 0 Å². The second-order valence-corrected chi connectivity index (χ2v) is 11.3. The third-order valence-electron chi connectivity index (χ3n) is 7.97. The molecule has 0 spiro atoms. The second-order valence-electron chi connectivity index (χ2n) is 11.3. The van der Waals surface area contributed by atoms with Crippen LogP contribution in [0.15, 0.2) is 146 Å². The Kier molecular flexibility index (Phi) is 10.3. The SMILES string of the molecule is COc1cccc(NC(=O)c2cc3ccccc3cc2O)c1OC.O=C(Nc1ccccc1Oc1ccccc1)c1cc2ccccc2cc1O. The van der Waals surface area contributed by atoms with Crippen LogP contribution in [0, 0.1) is 0 Å². The summed E-state index contributed by atoms with van der Waals surface area (Å²) >= 11 is 0. The number of aromatic hydroxyl groups is 2. The van der Waals surface area contributed by atoms with Gasteiger partial charge in [-0.05, 0) is 82.2 Å². The Labute approximate surface area is 294 Å². The monoisotopic (exact) mass is 678 g/mol. The van der Waals surface area contributed by atoms with Crippen LogP contribution >= 0.6 is 0 Å². The summed E-state index contributed by atoms with van der Waals surface area (Å²) in [6.07, 6.45) is 0. The Bertz CT molecular complexity index is 2340. The standard InChI is InChI=1S/C23H17NO3.C19H17NO4/c25-21-15-17-9-5-4-8-16(17)14-19(21)23(26)24-20-12-6-7-13-22(20)27-18-10-2-1-3-11-18;1-23-17-9-5-8-15(18(17)24-2)20-19(22)14-10-12-6-3-4-7-13(12)11-16(14)21/h1-15,25H,(H,24,26);3-11,21H,1-2H3,(H,20,22). The number of phenols is 2. The molecule has 0 atom stereocenters. The van der Waals surface area contributed by atoms with Gasteiger partial charge in [0, 0.05) is 0 Å². The molecule has 0 aliphatic carbocycles. The lowest BCUT2D eigenvalue weighted by Gasteiger charge is -2.14. The molecule has 0 aliphatic rings. The predicted molar refractivity (Wildman–Crippen MR) is 200 cm³/mol. The summed E-state index contributed by atoms with van der Waals surface area (Å²) in [7, 11) is 3.03. The number of phenolic OH excluding ortho intramolecular Hbond substituents is 2. The molecule has 9 nitrogen and oxygen atoms in total. The number of carbonyl (C=O) groups excluding carboxylic acids is 2. The number of carbonyl (C=O) groups is 2. The maximum absolute atomic E-state index is 12.8. The molecular formula is C42H34N2O7. The van der Waals surface area contributed by atoms with E-state index in [1.165, 1.54) is 14.2 Å². The van der Waals surface area contributed by atoms with E-state index in [0.29, 0.717) is 34.4 Å². The van der Waals surface area contributed by atoms with Gasteiger partial charge < -0.3 is 35.1 Å². The van der Waals surface area contributed by atoms with Gasteiger partial charge in [0.2, 0.25) is 0 Å². The minimum atomic E-state index is -0.426. The lowest BCUT2D eigenvalue weighted by molar-refractivity contribution is 0.101. The zero-order valence-corrected chi connectivity index (χ0v) is 27.8. The van der Waals surface area contributed by atoms with Crippen LogP contribution in [0.25, 0.3) is 21.5 Å². The molecule has 7 aromatic rings. The Morgan fingerprint density at radius 2 is 0.941 bits per heavy atom. The van der Waals surface area contributed by atoms with Crippen LogP contribution in [0.4, 0.5) is 11.4 Å². The molecule has 0 aliphatic heterocycles. The molecule has 9 heteroatoms. The molecule has 0 radical (unpaired) electrons. The molecule has 2 amide bonds. The van der Waals surface area contributed by atoms with Crippen molar-refractivity contribution >= 4 is 44.7 Å². The summed E-state index contributed by atoms with van der Waals surface area (Å²) in [6.45, 7) is 0. The van der Waals surface area contributed by atoms with Gasteiger partial charge in [-0.3, -0.25) is 9.59 Å². The first-order chi connectivity index (χ1) is 24.8. The maximum atomic E-state index is 12.8. The van der Waals surface area contributed by atoms with Gasteiger partial charge in [0.05, 0.1) is 36.7 Å². The molecule has 0 bridgehead atoms. The van der Waals surface area contributed by atoms with Gasteiger partial charge in [0.25, 0.3) is 11.8 Å². The van der Waals surface area contributed by atoms with Crippen LogP contribution in [0.1, 0.15) is 20.7 Å². The third kappa shape index (κ3) is 7.84. The molecule has 0 saturated heterocycles. The quantitative estimate of drug-likeness (QED) is 0.126. The van der Waals surface area contributed by atoms with Crippen LogP contribution in [0.2, 0.25) is 0 Å². The molecule has 4 N–H and O–H groups in total. The molecule has 0 heterocycles. The van der Waals surface area contributed by atoms with E-state index in [1.807, 2.05) is 91.0 Å². The number of benzene rings is 7. The smallest absolute Gasteiger partial charge is 0.259 e. The van der Waals surface area contributed by atoms with Crippen LogP contribution in [0.3, 0.4) is 0 Å². The largest absolute Gasteiger partial charge is 0.507 e. The van der Waals surface area contributed by atoms with Crippen molar-refractivity contribution in [3.05, 3.63) is 157 Å². The predicted octanol–water partition coefficient (Wildman–Crippen LogP) is 9.40. The highest BCUT2D eigenvalue weighted by Gasteiger charge is 2.17.